The minimum absolute atomic E-state index is 0.0267. The quantitative estimate of drug-likeness (QED) is 0.690. The monoisotopic (exact) mass is 353 g/mol. The number of nitrogens with one attached hydrogen (secondary N) is 1. The van der Waals surface area contributed by atoms with E-state index in [1.54, 1.807) is 12.4 Å². The smallest absolute Gasteiger partial charge is 0.230 e. The van der Waals surface area contributed by atoms with E-state index in [4.69, 9.17) is 0 Å². The first-order valence-corrected chi connectivity index (χ1v) is 8.90. The van der Waals surface area contributed by atoms with E-state index in [1.807, 2.05) is 61.0 Å². The van der Waals surface area contributed by atoms with Gasteiger partial charge in [-0.1, -0.05) is 42.1 Å². The highest BCUT2D eigenvalue weighted by Crippen LogP contribution is 2.22. The average molecular weight is 353 g/mol. The Morgan fingerprint density at radius 3 is 2.60 bits per heavy atom. The van der Waals surface area contributed by atoms with Crippen molar-refractivity contribution in [2.75, 3.05) is 5.75 Å². The second-order valence-electron chi connectivity index (χ2n) is 5.59. The van der Waals surface area contributed by atoms with Gasteiger partial charge in [0.05, 0.1) is 11.8 Å². The molecule has 3 rings (SSSR count). The van der Waals surface area contributed by atoms with Crippen molar-refractivity contribution in [1.82, 2.24) is 25.1 Å². The zero-order valence-corrected chi connectivity index (χ0v) is 14.9. The van der Waals surface area contributed by atoms with Crippen molar-refractivity contribution in [3.05, 3.63) is 60.4 Å². The third kappa shape index (κ3) is 4.24. The number of carbonyl (C=O) groups excluding carboxylic acids is 1. The Kier molecular flexibility index (Phi) is 5.45. The Bertz CT molecular complexity index is 835. The van der Waals surface area contributed by atoms with Crippen LogP contribution < -0.4 is 5.32 Å². The van der Waals surface area contributed by atoms with Gasteiger partial charge in [0.2, 0.25) is 5.91 Å². The van der Waals surface area contributed by atoms with E-state index in [-0.39, 0.29) is 11.9 Å². The number of benzene rings is 1. The number of rotatable bonds is 6. The van der Waals surface area contributed by atoms with Crippen LogP contribution >= 0.6 is 11.8 Å². The van der Waals surface area contributed by atoms with E-state index in [0.717, 1.165) is 17.0 Å². The third-order valence-corrected chi connectivity index (χ3v) is 4.80. The summed E-state index contributed by atoms with van der Waals surface area (Å²) in [6.07, 6.45) is 3.44. The molecule has 6 nitrogen and oxygen atoms in total. The van der Waals surface area contributed by atoms with E-state index in [2.05, 4.69) is 20.5 Å². The summed E-state index contributed by atoms with van der Waals surface area (Å²) in [5.74, 6) is 1.01. The molecule has 3 aromatic rings. The molecule has 1 aromatic carbocycles. The van der Waals surface area contributed by atoms with Crippen molar-refractivity contribution in [3.63, 3.8) is 0 Å². The van der Waals surface area contributed by atoms with Crippen molar-refractivity contribution < 1.29 is 4.79 Å². The first-order valence-electron chi connectivity index (χ1n) is 7.92. The second kappa shape index (κ2) is 7.94. The highest BCUT2D eigenvalue weighted by molar-refractivity contribution is 7.99. The maximum absolute atomic E-state index is 12.2. The Balaban J connectivity index is 1.59. The molecule has 1 amide bonds. The van der Waals surface area contributed by atoms with E-state index in [9.17, 15) is 4.79 Å². The van der Waals surface area contributed by atoms with Crippen LogP contribution in [0.5, 0.6) is 0 Å². The minimum Gasteiger partial charge on any atom is -0.349 e. The van der Waals surface area contributed by atoms with Gasteiger partial charge in [-0.25, -0.2) is 0 Å². The zero-order valence-electron chi connectivity index (χ0n) is 14.1. The number of hydrogen-bond acceptors (Lipinski definition) is 5. The zero-order chi connectivity index (χ0) is 17.6. The summed E-state index contributed by atoms with van der Waals surface area (Å²) in [5, 5.41) is 12.1. The molecule has 1 atom stereocenters. The average Bonchev–Trinajstić information content (AvgIpc) is 3.02. The number of pyridine rings is 1. The van der Waals surface area contributed by atoms with Crippen LogP contribution in [0.2, 0.25) is 0 Å². The number of nitrogens with zero attached hydrogens (tertiary/aromatic N) is 4. The number of aromatic nitrogens is 4. The normalized spacial score (nSPS) is 11.9. The standard InChI is InChI=1S/C18H19N5OS/c1-13(14-6-4-3-5-7-14)20-16(24)12-25-18-22-21-17(23(18)2)15-8-10-19-11-9-15/h3-11,13H,12H2,1-2H3,(H,20,24)/t13-/m0/s1. The Hall–Kier alpha value is -2.67. The molecule has 0 fully saturated rings. The molecule has 7 heteroatoms. The van der Waals surface area contributed by atoms with Crippen molar-refractivity contribution in [2.45, 2.75) is 18.1 Å². The fourth-order valence-electron chi connectivity index (χ4n) is 2.43. The van der Waals surface area contributed by atoms with E-state index >= 15 is 0 Å². The van der Waals surface area contributed by atoms with Crippen LogP contribution in [-0.2, 0) is 11.8 Å². The maximum atomic E-state index is 12.2. The predicted octanol–water partition coefficient (Wildman–Crippen LogP) is 2.85. The first-order chi connectivity index (χ1) is 12.1. The summed E-state index contributed by atoms with van der Waals surface area (Å²) in [6.45, 7) is 1.97. The molecule has 0 unspecified atom stereocenters. The molecule has 0 radical (unpaired) electrons. The molecule has 128 valence electrons. The Morgan fingerprint density at radius 1 is 1.16 bits per heavy atom. The molecular weight excluding hydrogens is 334 g/mol. The first kappa shape index (κ1) is 17.2. The lowest BCUT2D eigenvalue weighted by Gasteiger charge is -2.13. The van der Waals surface area contributed by atoms with Crippen LogP contribution in [0.4, 0.5) is 0 Å². The van der Waals surface area contributed by atoms with Crippen LogP contribution in [0.1, 0.15) is 18.5 Å². The number of amides is 1. The molecule has 2 heterocycles. The second-order valence-corrected chi connectivity index (χ2v) is 6.53. The number of hydrogen-bond donors (Lipinski definition) is 1. The molecule has 0 aliphatic carbocycles. The molecule has 1 N–H and O–H groups in total. The van der Waals surface area contributed by atoms with Crippen molar-refractivity contribution >= 4 is 17.7 Å². The predicted molar refractivity (Wildman–Crippen MR) is 98.0 cm³/mol. The van der Waals surface area contributed by atoms with E-state index in [1.165, 1.54) is 11.8 Å². The third-order valence-electron chi connectivity index (χ3n) is 3.78. The largest absolute Gasteiger partial charge is 0.349 e. The van der Waals surface area contributed by atoms with Gasteiger partial charge in [-0.15, -0.1) is 10.2 Å². The van der Waals surface area contributed by atoms with Crippen LogP contribution in [-0.4, -0.2) is 31.4 Å². The molecule has 0 aliphatic rings. The topological polar surface area (TPSA) is 72.7 Å². The van der Waals surface area contributed by atoms with E-state index in [0.29, 0.717) is 10.9 Å². The van der Waals surface area contributed by atoms with Gasteiger partial charge in [0.1, 0.15) is 0 Å². The molecule has 2 aromatic heterocycles. The van der Waals surface area contributed by atoms with Crippen molar-refractivity contribution in [1.29, 1.82) is 0 Å². The van der Waals surface area contributed by atoms with Gasteiger partial charge in [0, 0.05) is 25.0 Å². The minimum atomic E-state index is -0.0326. The highest BCUT2D eigenvalue weighted by atomic mass is 32.2. The molecule has 0 aliphatic heterocycles. The summed E-state index contributed by atoms with van der Waals surface area (Å²) in [4.78, 5) is 16.2. The van der Waals surface area contributed by atoms with Crippen LogP contribution in [0.3, 0.4) is 0 Å². The van der Waals surface area contributed by atoms with E-state index < -0.39 is 0 Å². The van der Waals surface area contributed by atoms with Crippen LogP contribution in [0.15, 0.2) is 60.0 Å². The lowest BCUT2D eigenvalue weighted by atomic mass is 10.1. The van der Waals surface area contributed by atoms with Gasteiger partial charge in [0.25, 0.3) is 0 Å². The van der Waals surface area contributed by atoms with Crippen molar-refractivity contribution in [3.8, 4) is 11.4 Å². The Labute approximate surface area is 150 Å². The molecule has 0 saturated heterocycles. The van der Waals surface area contributed by atoms with Crippen LogP contribution in [0, 0.1) is 0 Å². The summed E-state index contributed by atoms with van der Waals surface area (Å²) in [7, 11) is 1.89. The molecule has 25 heavy (non-hydrogen) atoms. The van der Waals surface area contributed by atoms with Gasteiger partial charge in [-0.3, -0.25) is 9.78 Å². The van der Waals surface area contributed by atoms with Crippen molar-refractivity contribution in [2.24, 2.45) is 7.05 Å². The summed E-state index contributed by atoms with van der Waals surface area (Å²) in [5.41, 5.74) is 2.03. The Morgan fingerprint density at radius 2 is 1.88 bits per heavy atom. The van der Waals surface area contributed by atoms with Gasteiger partial charge in [-0.05, 0) is 24.6 Å². The van der Waals surface area contributed by atoms with Gasteiger partial charge in [-0.2, -0.15) is 0 Å². The lowest BCUT2D eigenvalue weighted by Crippen LogP contribution is -2.28. The molecular formula is C18H19N5OS. The van der Waals surface area contributed by atoms with Gasteiger partial charge < -0.3 is 9.88 Å². The molecule has 0 spiro atoms. The van der Waals surface area contributed by atoms with Gasteiger partial charge >= 0.3 is 0 Å². The number of carbonyl (C=O) groups is 1. The summed E-state index contributed by atoms with van der Waals surface area (Å²) < 4.78 is 1.88. The SMILES string of the molecule is C[C@H](NC(=O)CSc1nnc(-c2ccncc2)n1C)c1ccccc1. The summed E-state index contributed by atoms with van der Waals surface area (Å²) in [6, 6.07) is 13.6. The molecule has 0 saturated carbocycles. The fourth-order valence-corrected chi connectivity index (χ4v) is 3.15. The number of thioether (sulfide) groups is 1. The lowest BCUT2D eigenvalue weighted by molar-refractivity contribution is -0.119. The van der Waals surface area contributed by atoms with Crippen LogP contribution in [0.25, 0.3) is 11.4 Å². The summed E-state index contributed by atoms with van der Waals surface area (Å²) >= 11 is 1.37. The maximum Gasteiger partial charge on any atom is 0.230 e. The highest BCUT2D eigenvalue weighted by Gasteiger charge is 2.14. The van der Waals surface area contributed by atoms with Gasteiger partial charge in [0.15, 0.2) is 11.0 Å². The fraction of sp³-hybridized carbons (Fsp3) is 0.222. The molecule has 0 bridgehead atoms.